The monoisotopic (exact) mass is 456 g/mol. The molecule has 1 unspecified atom stereocenters. The van der Waals surface area contributed by atoms with Gasteiger partial charge in [0.05, 0.1) is 0 Å². The average molecular weight is 457 g/mol. The Morgan fingerprint density at radius 3 is 1.56 bits per heavy atom. The fraction of sp³-hybridized carbons (Fsp3) is 0.400. The van der Waals surface area contributed by atoms with E-state index in [2.05, 4.69) is 125 Å². The molecule has 1 heterocycles. The van der Waals surface area contributed by atoms with Crippen LogP contribution in [0.5, 0.6) is 0 Å². The normalized spacial score (nSPS) is 19.0. The summed E-state index contributed by atoms with van der Waals surface area (Å²) in [5, 5.41) is 0. The van der Waals surface area contributed by atoms with Crippen molar-refractivity contribution in [2.24, 2.45) is 0 Å². The van der Waals surface area contributed by atoms with Gasteiger partial charge in [0.1, 0.15) is 0 Å². The van der Waals surface area contributed by atoms with Gasteiger partial charge >= 0.3 is 0 Å². The first-order valence-corrected chi connectivity index (χ1v) is 12.6. The van der Waals surface area contributed by atoms with Gasteiger partial charge in [0, 0.05) is 64.9 Å². The van der Waals surface area contributed by atoms with Gasteiger partial charge in [-0.05, 0) is 30.8 Å². The first-order chi connectivity index (χ1) is 16.7. The van der Waals surface area contributed by atoms with E-state index in [1.54, 1.807) is 0 Å². The molecule has 180 valence electrons. The summed E-state index contributed by atoms with van der Waals surface area (Å²) in [6, 6.07) is 33.3. The number of hydrogen-bond donors (Lipinski definition) is 0. The van der Waals surface area contributed by atoms with Crippen molar-refractivity contribution in [1.82, 2.24) is 19.6 Å². The van der Waals surface area contributed by atoms with Crippen LogP contribution in [0.25, 0.3) is 0 Å². The molecule has 4 rings (SSSR count). The molecule has 34 heavy (non-hydrogen) atoms. The Kier molecular flexibility index (Phi) is 9.28. The van der Waals surface area contributed by atoms with Crippen molar-refractivity contribution < 1.29 is 0 Å². The topological polar surface area (TPSA) is 13.0 Å². The zero-order valence-corrected chi connectivity index (χ0v) is 20.9. The summed E-state index contributed by atoms with van der Waals surface area (Å²) < 4.78 is 0. The van der Waals surface area contributed by atoms with Crippen LogP contribution in [0.4, 0.5) is 0 Å². The lowest BCUT2D eigenvalue weighted by atomic mass is 10.1. The molecule has 0 saturated carbocycles. The van der Waals surface area contributed by atoms with Gasteiger partial charge in [-0.3, -0.25) is 14.7 Å². The lowest BCUT2D eigenvalue weighted by Crippen LogP contribution is -2.49. The maximum atomic E-state index is 2.72. The van der Waals surface area contributed by atoms with E-state index < -0.39 is 0 Å². The highest BCUT2D eigenvalue weighted by molar-refractivity contribution is 5.17. The summed E-state index contributed by atoms with van der Waals surface area (Å²) in [6.07, 6.45) is 0. The van der Waals surface area contributed by atoms with E-state index in [4.69, 9.17) is 0 Å². The summed E-state index contributed by atoms with van der Waals surface area (Å²) in [6.45, 7) is 9.51. The molecule has 4 nitrogen and oxygen atoms in total. The van der Waals surface area contributed by atoms with Crippen molar-refractivity contribution in [3.63, 3.8) is 0 Å². The minimum absolute atomic E-state index is 0.482. The van der Waals surface area contributed by atoms with E-state index in [-0.39, 0.29) is 0 Å². The highest BCUT2D eigenvalue weighted by atomic mass is 15.3. The Bertz CT molecular complexity index is 945. The van der Waals surface area contributed by atoms with Crippen molar-refractivity contribution in [2.75, 3.05) is 53.4 Å². The third kappa shape index (κ3) is 7.78. The summed E-state index contributed by atoms with van der Waals surface area (Å²) >= 11 is 0. The smallest absolute Gasteiger partial charge is 0.0354 e. The van der Waals surface area contributed by atoms with E-state index >= 15 is 0 Å². The molecular formula is C30H40N4. The predicted octanol–water partition coefficient (Wildman–Crippen LogP) is 4.44. The Morgan fingerprint density at radius 2 is 1.03 bits per heavy atom. The number of likely N-dealkylation sites (N-methyl/N-ethyl adjacent to an activating group) is 1. The van der Waals surface area contributed by atoms with Gasteiger partial charge in [0.2, 0.25) is 0 Å². The number of rotatable bonds is 8. The number of nitrogens with zero attached hydrogens (tertiary/aromatic N) is 4. The fourth-order valence-electron chi connectivity index (χ4n) is 4.96. The molecule has 1 fully saturated rings. The second-order valence-electron chi connectivity index (χ2n) is 9.85. The second-order valence-corrected chi connectivity index (χ2v) is 9.85. The molecule has 0 N–H and O–H groups in total. The highest BCUT2D eigenvalue weighted by Crippen LogP contribution is 2.16. The van der Waals surface area contributed by atoms with E-state index in [0.29, 0.717) is 6.04 Å². The zero-order valence-electron chi connectivity index (χ0n) is 20.9. The molecule has 0 spiro atoms. The van der Waals surface area contributed by atoms with Crippen molar-refractivity contribution in [2.45, 2.75) is 25.7 Å². The molecule has 0 bridgehead atoms. The molecule has 1 aliphatic rings. The quantitative estimate of drug-likeness (QED) is 0.497. The van der Waals surface area contributed by atoms with Crippen LogP contribution in [-0.4, -0.2) is 79.0 Å². The van der Waals surface area contributed by atoms with Crippen LogP contribution in [0.2, 0.25) is 0 Å². The molecule has 0 aromatic heterocycles. The maximum absolute atomic E-state index is 2.72. The third-order valence-electron chi connectivity index (χ3n) is 6.72. The molecule has 3 aromatic carbocycles. The number of hydrogen-bond acceptors (Lipinski definition) is 4. The highest BCUT2D eigenvalue weighted by Gasteiger charge is 2.25. The van der Waals surface area contributed by atoms with Gasteiger partial charge in [0.15, 0.2) is 0 Å². The predicted molar refractivity (Wildman–Crippen MR) is 143 cm³/mol. The molecule has 1 aliphatic heterocycles. The van der Waals surface area contributed by atoms with Crippen LogP contribution in [0.15, 0.2) is 91.0 Å². The van der Waals surface area contributed by atoms with Gasteiger partial charge in [-0.15, -0.1) is 0 Å². The summed E-state index contributed by atoms with van der Waals surface area (Å²) in [4.78, 5) is 10.4. The molecule has 1 atom stereocenters. The first kappa shape index (κ1) is 24.6. The lowest BCUT2D eigenvalue weighted by molar-refractivity contribution is 0.113. The standard InChI is InChI=1S/C30H40N4/c1-31(2)25-30-26-33(23-28-14-8-4-9-15-28)19-18-32(22-27-12-6-3-7-13-27)20-21-34(30)24-29-16-10-5-11-17-29/h3-17,30H,18-26H2,1-2H3. The zero-order chi connectivity index (χ0) is 23.6. The van der Waals surface area contributed by atoms with E-state index in [9.17, 15) is 0 Å². The minimum atomic E-state index is 0.482. The molecule has 0 amide bonds. The van der Waals surface area contributed by atoms with Gasteiger partial charge in [0.25, 0.3) is 0 Å². The number of benzene rings is 3. The summed E-state index contributed by atoms with van der Waals surface area (Å²) in [5.41, 5.74) is 4.19. The first-order valence-electron chi connectivity index (χ1n) is 12.6. The SMILES string of the molecule is CN(C)CC1CN(Cc2ccccc2)CCN(Cc2ccccc2)CCN1Cc1ccccc1. The molecule has 0 aliphatic carbocycles. The van der Waals surface area contributed by atoms with Crippen LogP contribution in [0.3, 0.4) is 0 Å². The second kappa shape index (κ2) is 12.8. The van der Waals surface area contributed by atoms with Crippen LogP contribution in [0, 0.1) is 0 Å². The minimum Gasteiger partial charge on any atom is -0.308 e. The Hall–Kier alpha value is -2.50. The molecule has 0 radical (unpaired) electrons. The Balaban J connectivity index is 1.57. The largest absolute Gasteiger partial charge is 0.308 e. The van der Waals surface area contributed by atoms with Crippen LogP contribution < -0.4 is 0 Å². The lowest BCUT2D eigenvalue weighted by Gasteiger charge is -2.36. The van der Waals surface area contributed by atoms with Crippen LogP contribution in [0.1, 0.15) is 16.7 Å². The summed E-state index contributed by atoms with van der Waals surface area (Å²) in [7, 11) is 4.41. The van der Waals surface area contributed by atoms with Gasteiger partial charge in [-0.25, -0.2) is 0 Å². The van der Waals surface area contributed by atoms with Crippen molar-refractivity contribution >= 4 is 0 Å². The van der Waals surface area contributed by atoms with Crippen molar-refractivity contribution in [3.8, 4) is 0 Å². The van der Waals surface area contributed by atoms with Crippen molar-refractivity contribution in [1.29, 1.82) is 0 Å². The van der Waals surface area contributed by atoms with Crippen LogP contribution in [-0.2, 0) is 19.6 Å². The van der Waals surface area contributed by atoms with E-state index in [0.717, 1.165) is 58.9 Å². The molecule has 4 heteroatoms. The van der Waals surface area contributed by atoms with Crippen LogP contribution >= 0.6 is 0 Å². The maximum Gasteiger partial charge on any atom is 0.0354 e. The third-order valence-corrected chi connectivity index (χ3v) is 6.72. The van der Waals surface area contributed by atoms with E-state index in [1.807, 2.05) is 0 Å². The fourth-order valence-corrected chi connectivity index (χ4v) is 4.96. The molecular weight excluding hydrogens is 416 g/mol. The molecule has 3 aromatic rings. The Labute approximate surface area is 206 Å². The Morgan fingerprint density at radius 1 is 0.588 bits per heavy atom. The summed E-state index contributed by atoms with van der Waals surface area (Å²) in [5.74, 6) is 0. The average Bonchev–Trinajstić information content (AvgIpc) is 2.92. The van der Waals surface area contributed by atoms with Gasteiger partial charge < -0.3 is 4.90 Å². The van der Waals surface area contributed by atoms with E-state index in [1.165, 1.54) is 16.7 Å². The van der Waals surface area contributed by atoms with Gasteiger partial charge in [-0.2, -0.15) is 0 Å². The molecule has 1 saturated heterocycles. The van der Waals surface area contributed by atoms with Gasteiger partial charge in [-0.1, -0.05) is 91.0 Å². The van der Waals surface area contributed by atoms with Crippen molar-refractivity contribution in [3.05, 3.63) is 108 Å².